The Kier molecular flexibility index (Phi) is 6.56. The molecule has 0 bridgehead atoms. The number of carbonyl (C=O) groups is 2. The first-order valence-electron chi connectivity index (χ1n) is 8.54. The second-order valence-electron chi connectivity index (χ2n) is 6.49. The van der Waals surface area contributed by atoms with Crippen molar-refractivity contribution >= 4 is 11.8 Å². The van der Waals surface area contributed by atoms with Gasteiger partial charge in [-0.15, -0.1) is 0 Å². The summed E-state index contributed by atoms with van der Waals surface area (Å²) >= 11 is 0. The minimum atomic E-state index is -0.518. The van der Waals surface area contributed by atoms with E-state index < -0.39 is 6.04 Å². The molecule has 2 N–H and O–H groups in total. The first-order chi connectivity index (χ1) is 11.0. The third kappa shape index (κ3) is 6.00. The molecule has 2 rings (SSSR count). The van der Waals surface area contributed by atoms with E-state index in [-0.39, 0.29) is 11.8 Å². The van der Waals surface area contributed by atoms with Crippen LogP contribution in [0.25, 0.3) is 0 Å². The Hall–Kier alpha value is -1.91. The summed E-state index contributed by atoms with van der Waals surface area (Å²) in [7, 11) is 0. The minimum absolute atomic E-state index is 0.0202. The fraction of sp³-hybridized carbons (Fsp3) is 0.611. The van der Waals surface area contributed by atoms with Crippen LogP contribution in [0, 0.1) is 12.8 Å². The van der Waals surface area contributed by atoms with Crippen molar-refractivity contribution in [2.24, 2.45) is 5.92 Å². The van der Waals surface area contributed by atoms with Crippen LogP contribution in [0.3, 0.4) is 0 Å². The number of aromatic nitrogens is 1. The highest BCUT2D eigenvalue weighted by molar-refractivity contribution is 5.87. The Morgan fingerprint density at radius 1 is 1.26 bits per heavy atom. The van der Waals surface area contributed by atoms with E-state index in [9.17, 15) is 9.59 Å². The van der Waals surface area contributed by atoms with Crippen LogP contribution in [0.4, 0.5) is 0 Å². The molecule has 0 aromatic carbocycles. The van der Waals surface area contributed by atoms with Crippen molar-refractivity contribution in [3.05, 3.63) is 29.6 Å². The molecule has 5 nitrogen and oxygen atoms in total. The van der Waals surface area contributed by atoms with Gasteiger partial charge in [-0.05, 0) is 44.7 Å². The van der Waals surface area contributed by atoms with Gasteiger partial charge in [-0.1, -0.05) is 25.3 Å². The third-order valence-corrected chi connectivity index (χ3v) is 4.36. The van der Waals surface area contributed by atoms with Gasteiger partial charge in [-0.3, -0.25) is 14.6 Å². The average Bonchev–Trinajstić information content (AvgIpc) is 2.53. The molecule has 5 heteroatoms. The highest BCUT2D eigenvalue weighted by Crippen LogP contribution is 2.26. The standard InChI is InChI=1S/C18H27N3O2/c1-13-7-6-10-16(20-13)12-19-18(23)14(2)21-17(22)11-15-8-4-3-5-9-15/h6-7,10,14-15H,3-5,8-9,11-12H2,1-2H3,(H,19,23)(H,21,22)/t14-/m0/s1. The fourth-order valence-electron chi connectivity index (χ4n) is 3.05. The second-order valence-corrected chi connectivity index (χ2v) is 6.49. The Balaban J connectivity index is 1.72. The number of hydrogen-bond donors (Lipinski definition) is 2. The quantitative estimate of drug-likeness (QED) is 0.847. The van der Waals surface area contributed by atoms with Crippen molar-refractivity contribution in [3.8, 4) is 0 Å². The van der Waals surface area contributed by atoms with Crippen LogP contribution in [-0.4, -0.2) is 22.8 Å². The van der Waals surface area contributed by atoms with Crippen LogP contribution in [0.1, 0.15) is 56.8 Å². The number of rotatable bonds is 6. The van der Waals surface area contributed by atoms with Crippen LogP contribution in [0.2, 0.25) is 0 Å². The van der Waals surface area contributed by atoms with Crippen molar-refractivity contribution in [3.63, 3.8) is 0 Å². The topological polar surface area (TPSA) is 71.1 Å². The summed E-state index contributed by atoms with van der Waals surface area (Å²) in [5.41, 5.74) is 1.74. The zero-order chi connectivity index (χ0) is 16.7. The molecule has 0 spiro atoms. The molecule has 1 aromatic rings. The van der Waals surface area contributed by atoms with Crippen molar-refractivity contribution in [2.45, 2.75) is 65.0 Å². The molecule has 0 unspecified atom stereocenters. The number of pyridine rings is 1. The maximum atomic E-state index is 12.1. The van der Waals surface area contributed by atoms with Gasteiger partial charge in [0, 0.05) is 12.1 Å². The predicted octanol–water partition coefficient (Wildman–Crippen LogP) is 2.48. The lowest BCUT2D eigenvalue weighted by Crippen LogP contribution is -2.45. The van der Waals surface area contributed by atoms with Crippen LogP contribution in [-0.2, 0) is 16.1 Å². The highest BCUT2D eigenvalue weighted by Gasteiger charge is 2.20. The lowest BCUT2D eigenvalue weighted by Gasteiger charge is -2.22. The summed E-state index contributed by atoms with van der Waals surface area (Å²) in [5.74, 6) is 0.286. The molecule has 1 aromatic heterocycles. The molecule has 1 aliphatic rings. The van der Waals surface area contributed by atoms with E-state index >= 15 is 0 Å². The Labute approximate surface area is 138 Å². The molecular weight excluding hydrogens is 290 g/mol. The van der Waals surface area contributed by atoms with E-state index in [1.54, 1.807) is 6.92 Å². The van der Waals surface area contributed by atoms with Gasteiger partial charge in [0.2, 0.25) is 11.8 Å². The van der Waals surface area contributed by atoms with Gasteiger partial charge in [0.1, 0.15) is 6.04 Å². The monoisotopic (exact) mass is 317 g/mol. The fourth-order valence-corrected chi connectivity index (χ4v) is 3.05. The van der Waals surface area contributed by atoms with Crippen LogP contribution < -0.4 is 10.6 Å². The number of carbonyl (C=O) groups excluding carboxylic acids is 2. The van der Waals surface area contributed by atoms with E-state index in [2.05, 4.69) is 15.6 Å². The number of hydrogen-bond acceptors (Lipinski definition) is 3. The van der Waals surface area contributed by atoms with Crippen molar-refractivity contribution in [2.75, 3.05) is 0 Å². The largest absolute Gasteiger partial charge is 0.349 e. The number of amides is 2. The van der Waals surface area contributed by atoms with Crippen LogP contribution >= 0.6 is 0 Å². The van der Waals surface area contributed by atoms with E-state index in [1.165, 1.54) is 19.3 Å². The van der Waals surface area contributed by atoms with Gasteiger partial charge < -0.3 is 10.6 Å². The van der Waals surface area contributed by atoms with Crippen molar-refractivity contribution in [1.82, 2.24) is 15.6 Å². The van der Waals surface area contributed by atoms with E-state index in [0.29, 0.717) is 18.9 Å². The molecule has 1 saturated carbocycles. The van der Waals surface area contributed by atoms with Gasteiger partial charge in [-0.25, -0.2) is 0 Å². The second kappa shape index (κ2) is 8.65. The zero-order valence-corrected chi connectivity index (χ0v) is 14.1. The molecule has 1 aliphatic carbocycles. The highest BCUT2D eigenvalue weighted by atomic mass is 16.2. The number of nitrogens with one attached hydrogen (secondary N) is 2. The third-order valence-electron chi connectivity index (χ3n) is 4.36. The maximum Gasteiger partial charge on any atom is 0.242 e. The maximum absolute atomic E-state index is 12.1. The molecule has 0 radical (unpaired) electrons. The normalized spacial score (nSPS) is 16.6. The first kappa shape index (κ1) is 17.4. The summed E-state index contributed by atoms with van der Waals surface area (Å²) in [5, 5.41) is 5.62. The predicted molar refractivity (Wildman–Crippen MR) is 89.6 cm³/mol. The van der Waals surface area contributed by atoms with Crippen LogP contribution in [0.5, 0.6) is 0 Å². The molecule has 1 heterocycles. The number of nitrogens with zero attached hydrogens (tertiary/aromatic N) is 1. The van der Waals surface area contributed by atoms with Gasteiger partial charge in [-0.2, -0.15) is 0 Å². The molecule has 2 amide bonds. The Bertz CT molecular complexity index is 539. The zero-order valence-electron chi connectivity index (χ0n) is 14.1. The summed E-state index contributed by atoms with van der Waals surface area (Å²) in [4.78, 5) is 28.5. The Morgan fingerprint density at radius 2 is 2.00 bits per heavy atom. The summed E-state index contributed by atoms with van der Waals surface area (Å²) < 4.78 is 0. The molecule has 126 valence electrons. The van der Waals surface area contributed by atoms with Gasteiger partial charge in [0.05, 0.1) is 12.2 Å². The summed E-state index contributed by atoms with van der Waals surface area (Å²) in [6, 6.07) is 5.19. The summed E-state index contributed by atoms with van der Waals surface area (Å²) in [6.45, 7) is 4.01. The number of aryl methyl sites for hydroxylation is 1. The molecule has 1 atom stereocenters. The van der Waals surface area contributed by atoms with E-state index in [1.807, 2.05) is 25.1 Å². The SMILES string of the molecule is Cc1cccc(CNC(=O)[C@H](C)NC(=O)CC2CCCCC2)n1. The van der Waals surface area contributed by atoms with Crippen LogP contribution in [0.15, 0.2) is 18.2 Å². The van der Waals surface area contributed by atoms with E-state index in [0.717, 1.165) is 24.2 Å². The minimum Gasteiger partial charge on any atom is -0.349 e. The van der Waals surface area contributed by atoms with Gasteiger partial charge >= 0.3 is 0 Å². The molecule has 23 heavy (non-hydrogen) atoms. The molecule has 1 fully saturated rings. The Morgan fingerprint density at radius 3 is 2.70 bits per heavy atom. The van der Waals surface area contributed by atoms with Crippen molar-refractivity contribution < 1.29 is 9.59 Å². The molecule has 0 aliphatic heterocycles. The lowest BCUT2D eigenvalue weighted by molar-refractivity contribution is -0.129. The van der Waals surface area contributed by atoms with Gasteiger partial charge in [0.25, 0.3) is 0 Å². The average molecular weight is 317 g/mol. The van der Waals surface area contributed by atoms with Gasteiger partial charge in [0.15, 0.2) is 0 Å². The van der Waals surface area contributed by atoms with Crippen molar-refractivity contribution in [1.29, 1.82) is 0 Å². The summed E-state index contributed by atoms with van der Waals surface area (Å²) in [6.07, 6.45) is 6.52. The smallest absolute Gasteiger partial charge is 0.242 e. The lowest BCUT2D eigenvalue weighted by atomic mass is 9.87. The molecular formula is C18H27N3O2. The first-order valence-corrected chi connectivity index (χ1v) is 8.54. The molecule has 0 saturated heterocycles. The van der Waals surface area contributed by atoms with E-state index in [4.69, 9.17) is 0 Å².